The van der Waals surface area contributed by atoms with E-state index < -0.39 is 11.7 Å². The van der Waals surface area contributed by atoms with Gasteiger partial charge in [0.2, 0.25) is 5.88 Å². The molecule has 0 bridgehead atoms. The van der Waals surface area contributed by atoms with Gasteiger partial charge < -0.3 is 10.1 Å². The number of benzene rings is 2. The molecule has 28 heavy (non-hydrogen) atoms. The van der Waals surface area contributed by atoms with E-state index in [0.717, 1.165) is 17.7 Å². The number of rotatable bonds is 5. The molecule has 3 rings (SSSR count). The minimum Gasteiger partial charge on any atom is -0.439 e. The summed E-state index contributed by atoms with van der Waals surface area (Å²) < 4.78 is 55.8. The molecule has 0 unspecified atom stereocenters. The monoisotopic (exact) mass is 390 g/mol. The summed E-state index contributed by atoms with van der Waals surface area (Å²) in [5.41, 5.74) is 0.256. The Morgan fingerprint density at radius 2 is 1.64 bits per heavy atom. The van der Waals surface area contributed by atoms with Crippen LogP contribution in [-0.4, -0.2) is 10.9 Å². The van der Waals surface area contributed by atoms with Gasteiger partial charge in [0.25, 0.3) is 5.91 Å². The summed E-state index contributed by atoms with van der Waals surface area (Å²) in [6.45, 7) is 0.243. The molecule has 0 spiro atoms. The molecule has 0 fully saturated rings. The predicted molar refractivity (Wildman–Crippen MR) is 93.3 cm³/mol. The molecule has 4 nitrogen and oxygen atoms in total. The highest BCUT2D eigenvalue weighted by Crippen LogP contribution is 2.30. The Kier molecular flexibility index (Phi) is 5.58. The average molecular weight is 390 g/mol. The molecule has 1 heterocycles. The molecule has 1 amide bonds. The lowest BCUT2D eigenvalue weighted by molar-refractivity contribution is -0.137. The van der Waals surface area contributed by atoms with Crippen LogP contribution in [0.2, 0.25) is 0 Å². The number of alkyl halides is 3. The van der Waals surface area contributed by atoms with Crippen molar-refractivity contribution in [1.82, 2.24) is 10.3 Å². The number of ether oxygens (including phenoxy) is 1. The van der Waals surface area contributed by atoms with Crippen LogP contribution in [0.15, 0.2) is 66.9 Å². The summed E-state index contributed by atoms with van der Waals surface area (Å²) in [5.74, 6) is -0.361. The zero-order valence-corrected chi connectivity index (χ0v) is 14.3. The van der Waals surface area contributed by atoms with Crippen molar-refractivity contribution in [3.05, 3.63) is 89.4 Å². The summed E-state index contributed by atoms with van der Waals surface area (Å²) in [6, 6.07) is 13.8. The van der Waals surface area contributed by atoms with Crippen molar-refractivity contribution >= 4 is 5.91 Å². The van der Waals surface area contributed by atoms with E-state index >= 15 is 0 Å². The van der Waals surface area contributed by atoms with Crippen LogP contribution in [0.1, 0.15) is 21.5 Å². The first-order chi connectivity index (χ1) is 13.3. The fraction of sp³-hybridized carbons (Fsp3) is 0.100. The lowest BCUT2D eigenvalue weighted by Crippen LogP contribution is -2.22. The van der Waals surface area contributed by atoms with Crippen molar-refractivity contribution in [2.24, 2.45) is 0 Å². The Morgan fingerprint density at radius 1 is 0.964 bits per heavy atom. The second-order valence-electron chi connectivity index (χ2n) is 5.82. The number of pyridine rings is 1. The summed E-state index contributed by atoms with van der Waals surface area (Å²) in [5, 5.41) is 2.70. The van der Waals surface area contributed by atoms with E-state index in [-0.39, 0.29) is 24.1 Å². The second kappa shape index (κ2) is 8.08. The van der Waals surface area contributed by atoms with E-state index in [1.165, 1.54) is 36.4 Å². The molecular formula is C20H14F4N2O2. The van der Waals surface area contributed by atoms with Gasteiger partial charge in [0.15, 0.2) is 0 Å². The molecule has 0 radical (unpaired) electrons. The maximum atomic E-state index is 12.9. The van der Waals surface area contributed by atoms with Gasteiger partial charge in [-0.3, -0.25) is 4.79 Å². The van der Waals surface area contributed by atoms with Crippen molar-refractivity contribution in [3.63, 3.8) is 0 Å². The zero-order chi connectivity index (χ0) is 20.1. The molecule has 3 aromatic rings. The Hall–Kier alpha value is -3.42. The van der Waals surface area contributed by atoms with Crippen molar-refractivity contribution in [2.75, 3.05) is 0 Å². The third-order valence-electron chi connectivity index (χ3n) is 3.77. The van der Waals surface area contributed by atoms with Crippen LogP contribution in [-0.2, 0) is 12.7 Å². The minimum absolute atomic E-state index is 0.00140. The van der Waals surface area contributed by atoms with E-state index in [0.29, 0.717) is 17.5 Å². The molecule has 2 aromatic carbocycles. The highest BCUT2D eigenvalue weighted by molar-refractivity contribution is 5.94. The van der Waals surface area contributed by atoms with Gasteiger partial charge in [-0.15, -0.1) is 0 Å². The first kappa shape index (κ1) is 19.3. The summed E-state index contributed by atoms with van der Waals surface area (Å²) in [7, 11) is 0. The Balaban J connectivity index is 1.58. The van der Waals surface area contributed by atoms with E-state index in [9.17, 15) is 22.4 Å². The molecular weight excluding hydrogens is 376 g/mol. The first-order valence-electron chi connectivity index (χ1n) is 8.15. The molecule has 144 valence electrons. The number of carbonyl (C=O) groups is 1. The van der Waals surface area contributed by atoms with Crippen LogP contribution < -0.4 is 10.1 Å². The Bertz CT molecular complexity index is 938. The quantitative estimate of drug-likeness (QED) is 0.627. The molecule has 0 atom stereocenters. The van der Waals surface area contributed by atoms with Gasteiger partial charge in [-0.05, 0) is 48.0 Å². The van der Waals surface area contributed by atoms with E-state index in [1.54, 1.807) is 12.1 Å². The highest BCUT2D eigenvalue weighted by atomic mass is 19.4. The van der Waals surface area contributed by atoms with E-state index in [2.05, 4.69) is 10.3 Å². The zero-order valence-electron chi connectivity index (χ0n) is 14.3. The number of nitrogens with zero attached hydrogens (tertiary/aromatic N) is 1. The van der Waals surface area contributed by atoms with Gasteiger partial charge in [0.1, 0.15) is 11.6 Å². The third-order valence-corrected chi connectivity index (χ3v) is 3.77. The SMILES string of the molecule is O=C(NCc1ccc(F)cc1)c1ccc(Oc2ccc(C(F)(F)F)cn2)cc1. The van der Waals surface area contributed by atoms with Crippen LogP contribution in [0.5, 0.6) is 11.6 Å². The van der Waals surface area contributed by atoms with E-state index in [1.807, 2.05) is 0 Å². The van der Waals surface area contributed by atoms with Gasteiger partial charge in [0, 0.05) is 24.4 Å². The molecule has 0 aliphatic carbocycles. The molecule has 0 aliphatic rings. The summed E-state index contributed by atoms with van der Waals surface area (Å²) in [4.78, 5) is 15.8. The fourth-order valence-corrected chi connectivity index (χ4v) is 2.29. The maximum absolute atomic E-state index is 12.9. The van der Waals surface area contributed by atoms with Gasteiger partial charge >= 0.3 is 6.18 Å². The Morgan fingerprint density at radius 3 is 2.21 bits per heavy atom. The molecule has 0 saturated heterocycles. The lowest BCUT2D eigenvalue weighted by Gasteiger charge is -2.09. The van der Waals surface area contributed by atoms with Gasteiger partial charge in [-0.25, -0.2) is 9.37 Å². The number of hydrogen-bond donors (Lipinski definition) is 1. The number of hydrogen-bond acceptors (Lipinski definition) is 3. The van der Waals surface area contributed by atoms with Crippen LogP contribution in [0, 0.1) is 5.82 Å². The number of halogens is 4. The summed E-state index contributed by atoms with van der Waals surface area (Å²) in [6.07, 6.45) is -3.78. The smallest absolute Gasteiger partial charge is 0.417 e. The molecule has 0 saturated carbocycles. The fourth-order valence-electron chi connectivity index (χ4n) is 2.29. The van der Waals surface area contributed by atoms with Crippen LogP contribution in [0.3, 0.4) is 0 Å². The maximum Gasteiger partial charge on any atom is 0.417 e. The van der Waals surface area contributed by atoms with Crippen molar-refractivity contribution in [2.45, 2.75) is 12.7 Å². The molecule has 1 N–H and O–H groups in total. The van der Waals surface area contributed by atoms with Crippen molar-refractivity contribution in [1.29, 1.82) is 0 Å². The minimum atomic E-state index is -4.46. The number of aromatic nitrogens is 1. The predicted octanol–water partition coefficient (Wildman–Crippen LogP) is 4.96. The standard InChI is InChI=1S/C20H14F4N2O2/c21-16-6-1-13(2-7-16)11-26-19(27)14-3-8-17(9-4-14)28-18-10-5-15(12-25-18)20(22,23)24/h1-10,12H,11H2,(H,26,27). The van der Waals surface area contributed by atoms with Crippen molar-refractivity contribution < 1.29 is 27.1 Å². The highest BCUT2D eigenvalue weighted by Gasteiger charge is 2.30. The van der Waals surface area contributed by atoms with Gasteiger partial charge in [-0.2, -0.15) is 13.2 Å². The third kappa shape index (κ3) is 5.06. The van der Waals surface area contributed by atoms with E-state index in [4.69, 9.17) is 4.74 Å². The van der Waals surface area contributed by atoms with Crippen LogP contribution in [0.25, 0.3) is 0 Å². The lowest BCUT2D eigenvalue weighted by atomic mass is 10.2. The second-order valence-corrected chi connectivity index (χ2v) is 5.82. The average Bonchev–Trinajstić information content (AvgIpc) is 2.67. The van der Waals surface area contributed by atoms with Crippen LogP contribution >= 0.6 is 0 Å². The largest absolute Gasteiger partial charge is 0.439 e. The number of carbonyl (C=O) groups excluding carboxylic acids is 1. The topological polar surface area (TPSA) is 51.2 Å². The van der Waals surface area contributed by atoms with Gasteiger partial charge in [0.05, 0.1) is 5.56 Å². The number of nitrogens with one attached hydrogen (secondary N) is 1. The molecule has 0 aliphatic heterocycles. The summed E-state index contributed by atoms with van der Waals surface area (Å²) >= 11 is 0. The van der Waals surface area contributed by atoms with Crippen molar-refractivity contribution in [3.8, 4) is 11.6 Å². The normalized spacial score (nSPS) is 11.1. The van der Waals surface area contributed by atoms with Gasteiger partial charge in [-0.1, -0.05) is 12.1 Å². The number of amides is 1. The molecule has 1 aromatic heterocycles. The van der Waals surface area contributed by atoms with Crippen LogP contribution in [0.4, 0.5) is 17.6 Å². The first-order valence-corrected chi connectivity index (χ1v) is 8.15. The molecule has 8 heteroatoms. The Labute approximate surface area is 157 Å².